The molecule has 0 radical (unpaired) electrons. The van der Waals surface area contributed by atoms with E-state index in [9.17, 15) is 9.59 Å². The normalized spacial score (nSPS) is 10.5. The van der Waals surface area contributed by atoms with Crippen LogP contribution >= 0.6 is 22.9 Å². The molecular formula is C20H24ClNO4S. The Morgan fingerprint density at radius 1 is 1.22 bits per heavy atom. The number of ether oxygens (including phenoxy) is 2. The maximum absolute atomic E-state index is 12.2. The van der Waals surface area contributed by atoms with Crippen molar-refractivity contribution in [3.63, 3.8) is 0 Å². The molecule has 1 N–H and O–H groups in total. The number of anilines is 1. The van der Waals surface area contributed by atoms with Gasteiger partial charge in [0.25, 0.3) is 0 Å². The lowest BCUT2D eigenvalue weighted by molar-refractivity contribution is -0.116. The van der Waals surface area contributed by atoms with Crippen molar-refractivity contribution >= 4 is 39.8 Å². The van der Waals surface area contributed by atoms with Crippen molar-refractivity contribution in [2.75, 3.05) is 18.5 Å². The van der Waals surface area contributed by atoms with E-state index in [0.29, 0.717) is 41.6 Å². The van der Waals surface area contributed by atoms with Gasteiger partial charge in [0.05, 0.1) is 18.8 Å². The number of carbonyl (C=O) groups is 2. The predicted octanol–water partition coefficient (Wildman–Crippen LogP) is 5.25. The van der Waals surface area contributed by atoms with E-state index >= 15 is 0 Å². The number of hydrogen-bond donors (Lipinski definition) is 1. The van der Waals surface area contributed by atoms with E-state index in [0.717, 1.165) is 22.6 Å². The molecule has 1 amide bonds. The van der Waals surface area contributed by atoms with Crippen LogP contribution in [0.1, 0.15) is 47.5 Å². The summed E-state index contributed by atoms with van der Waals surface area (Å²) in [6, 6.07) is 7.24. The Labute approximate surface area is 168 Å². The summed E-state index contributed by atoms with van der Waals surface area (Å²) in [5.74, 6) is 0.166. The van der Waals surface area contributed by atoms with Gasteiger partial charge in [0, 0.05) is 16.3 Å². The predicted molar refractivity (Wildman–Crippen MR) is 109 cm³/mol. The van der Waals surface area contributed by atoms with Crippen LogP contribution in [0.5, 0.6) is 5.75 Å². The first kappa shape index (κ1) is 21.3. The first-order chi connectivity index (χ1) is 12.9. The first-order valence-electron chi connectivity index (χ1n) is 8.93. The number of hydrogen-bond acceptors (Lipinski definition) is 5. The van der Waals surface area contributed by atoms with Crippen molar-refractivity contribution < 1.29 is 19.1 Å². The summed E-state index contributed by atoms with van der Waals surface area (Å²) >= 11 is 7.39. The second-order valence-corrected chi connectivity index (χ2v) is 7.48. The highest BCUT2D eigenvalue weighted by Crippen LogP contribution is 2.29. The van der Waals surface area contributed by atoms with Gasteiger partial charge in [-0.25, -0.2) is 4.79 Å². The number of rotatable bonds is 9. The SMILES string of the molecule is CCOC(=O)c1cc(CC)sc1NC(=O)CCCOc1ccc(Cl)c(C)c1. The lowest BCUT2D eigenvalue weighted by atomic mass is 10.2. The molecule has 0 spiro atoms. The summed E-state index contributed by atoms with van der Waals surface area (Å²) in [5.41, 5.74) is 1.36. The molecule has 0 bridgehead atoms. The number of thiophene rings is 1. The molecule has 1 aromatic heterocycles. The minimum atomic E-state index is -0.412. The van der Waals surface area contributed by atoms with E-state index in [1.54, 1.807) is 25.1 Å². The lowest BCUT2D eigenvalue weighted by Gasteiger charge is -2.08. The quantitative estimate of drug-likeness (QED) is 0.454. The molecule has 0 fully saturated rings. The number of aryl methyl sites for hydroxylation is 2. The molecule has 0 unspecified atom stereocenters. The molecule has 5 nitrogen and oxygen atoms in total. The molecule has 7 heteroatoms. The molecule has 1 aromatic carbocycles. The van der Waals surface area contributed by atoms with Crippen molar-refractivity contribution in [2.24, 2.45) is 0 Å². The Morgan fingerprint density at radius 3 is 2.67 bits per heavy atom. The maximum atomic E-state index is 12.2. The third-order valence-corrected chi connectivity index (χ3v) is 5.45. The van der Waals surface area contributed by atoms with E-state index in [4.69, 9.17) is 21.1 Å². The van der Waals surface area contributed by atoms with Gasteiger partial charge in [0.15, 0.2) is 0 Å². The van der Waals surface area contributed by atoms with Crippen molar-refractivity contribution in [3.8, 4) is 5.75 Å². The van der Waals surface area contributed by atoms with Crippen LogP contribution in [0.3, 0.4) is 0 Å². The maximum Gasteiger partial charge on any atom is 0.341 e. The fourth-order valence-corrected chi connectivity index (χ4v) is 3.51. The minimum Gasteiger partial charge on any atom is -0.494 e. The van der Waals surface area contributed by atoms with Gasteiger partial charge in [0.2, 0.25) is 5.91 Å². The Kier molecular flexibility index (Phi) is 8.13. The van der Waals surface area contributed by atoms with E-state index in [-0.39, 0.29) is 5.91 Å². The van der Waals surface area contributed by atoms with Gasteiger partial charge in [-0.3, -0.25) is 4.79 Å². The van der Waals surface area contributed by atoms with Gasteiger partial charge in [-0.15, -0.1) is 11.3 Å². The van der Waals surface area contributed by atoms with Gasteiger partial charge in [-0.05, 0) is 56.5 Å². The lowest BCUT2D eigenvalue weighted by Crippen LogP contribution is -2.14. The third kappa shape index (κ3) is 6.26. The van der Waals surface area contributed by atoms with E-state index in [1.165, 1.54) is 11.3 Å². The van der Waals surface area contributed by atoms with Crippen LogP contribution in [-0.4, -0.2) is 25.1 Å². The summed E-state index contributed by atoms with van der Waals surface area (Å²) in [6.45, 7) is 6.39. The molecule has 0 aliphatic rings. The van der Waals surface area contributed by atoms with Gasteiger partial charge >= 0.3 is 5.97 Å². The highest BCUT2D eigenvalue weighted by Gasteiger charge is 2.18. The molecule has 0 aliphatic heterocycles. The van der Waals surface area contributed by atoms with Crippen LogP contribution in [0.15, 0.2) is 24.3 Å². The molecule has 1 heterocycles. The van der Waals surface area contributed by atoms with Gasteiger partial charge in [-0.1, -0.05) is 18.5 Å². The summed E-state index contributed by atoms with van der Waals surface area (Å²) in [7, 11) is 0. The number of benzene rings is 1. The summed E-state index contributed by atoms with van der Waals surface area (Å²) in [6.07, 6.45) is 1.66. The molecule has 2 rings (SSSR count). The number of amides is 1. The average Bonchev–Trinajstić information content (AvgIpc) is 3.05. The zero-order valence-electron chi connectivity index (χ0n) is 15.8. The highest BCUT2D eigenvalue weighted by atomic mass is 35.5. The third-order valence-electron chi connectivity index (χ3n) is 3.83. The fourth-order valence-electron chi connectivity index (χ4n) is 2.39. The minimum absolute atomic E-state index is 0.152. The second kappa shape index (κ2) is 10.3. The van der Waals surface area contributed by atoms with Gasteiger partial charge < -0.3 is 14.8 Å². The van der Waals surface area contributed by atoms with E-state index in [2.05, 4.69) is 5.32 Å². The van der Waals surface area contributed by atoms with Crippen LogP contribution in [0, 0.1) is 6.92 Å². The second-order valence-electron chi connectivity index (χ2n) is 5.94. The Balaban J connectivity index is 1.85. The van der Waals surface area contributed by atoms with E-state index in [1.807, 2.05) is 19.9 Å². The molecule has 27 heavy (non-hydrogen) atoms. The Morgan fingerprint density at radius 2 is 2.00 bits per heavy atom. The largest absolute Gasteiger partial charge is 0.494 e. The standard InChI is InChI=1S/C20H24ClNO4S/c1-4-15-12-16(20(24)25-5-2)19(27-15)22-18(23)7-6-10-26-14-8-9-17(21)13(3)11-14/h8-9,11-12H,4-7,10H2,1-3H3,(H,22,23). The monoisotopic (exact) mass is 409 g/mol. The van der Waals surface area contributed by atoms with Crippen molar-refractivity contribution in [2.45, 2.75) is 40.0 Å². The Hall–Kier alpha value is -2.05. The number of esters is 1. The molecular weight excluding hydrogens is 386 g/mol. The van der Waals surface area contributed by atoms with Crippen LogP contribution in [0.4, 0.5) is 5.00 Å². The summed E-state index contributed by atoms with van der Waals surface area (Å²) in [4.78, 5) is 25.3. The summed E-state index contributed by atoms with van der Waals surface area (Å²) in [5, 5.41) is 4.07. The smallest absolute Gasteiger partial charge is 0.341 e. The number of halogens is 1. The zero-order valence-corrected chi connectivity index (χ0v) is 17.3. The van der Waals surface area contributed by atoms with Crippen LogP contribution in [-0.2, 0) is 16.0 Å². The molecule has 2 aromatic rings. The molecule has 0 saturated heterocycles. The number of carbonyl (C=O) groups excluding carboxylic acids is 2. The molecule has 0 aliphatic carbocycles. The fraction of sp³-hybridized carbons (Fsp3) is 0.400. The number of nitrogens with one attached hydrogen (secondary N) is 1. The average molecular weight is 410 g/mol. The van der Waals surface area contributed by atoms with E-state index < -0.39 is 5.97 Å². The van der Waals surface area contributed by atoms with Crippen molar-refractivity contribution in [1.29, 1.82) is 0 Å². The topological polar surface area (TPSA) is 64.6 Å². The van der Waals surface area contributed by atoms with Crippen LogP contribution < -0.4 is 10.1 Å². The van der Waals surface area contributed by atoms with Gasteiger partial charge in [0.1, 0.15) is 10.8 Å². The first-order valence-corrected chi connectivity index (χ1v) is 10.1. The zero-order chi connectivity index (χ0) is 19.8. The van der Waals surface area contributed by atoms with Crippen molar-refractivity contribution in [1.82, 2.24) is 0 Å². The molecule has 0 atom stereocenters. The van der Waals surface area contributed by atoms with Crippen molar-refractivity contribution in [3.05, 3.63) is 45.3 Å². The molecule has 0 saturated carbocycles. The van der Waals surface area contributed by atoms with Crippen LogP contribution in [0.25, 0.3) is 0 Å². The van der Waals surface area contributed by atoms with Gasteiger partial charge in [-0.2, -0.15) is 0 Å². The molecule has 146 valence electrons. The Bertz CT molecular complexity index is 803. The highest BCUT2D eigenvalue weighted by molar-refractivity contribution is 7.16. The summed E-state index contributed by atoms with van der Waals surface area (Å²) < 4.78 is 10.7. The van der Waals surface area contributed by atoms with Crippen LogP contribution in [0.2, 0.25) is 5.02 Å².